The third kappa shape index (κ3) is 32.5. The van der Waals surface area contributed by atoms with Crippen LogP contribution in [0.3, 0.4) is 0 Å². The van der Waals surface area contributed by atoms with Crippen molar-refractivity contribution in [3.8, 4) is 0 Å². The standard InChI is InChI=1S/C35H68NO8P/c1-6-8-10-12-14-16-18-20-22-24-26-28-35(38)44-33(32-43-45(39,40)42-30-29-36(3,4)5)31-41-34(37)27-25-23-21-19-17-15-13-11-9-7-2/h12,14,33H,6-11,13,15-32H2,1-5H3/b14-12+/t33-/m1/s1. The number of carbonyl (C=O) groups is 2. The van der Waals surface area contributed by atoms with Gasteiger partial charge in [-0.25, -0.2) is 0 Å². The number of phosphoric ester groups is 1. The predicted molar refractivity (Wildman–Crippen MR) is 181 cm³/mol. The molecule has 0 radical (unpaired) electrons. The van der Waals surface area contributed by atoms with E-state index in [0.29, 0.717) is 17.4 Å². The van der Waals surface area contributed by atoms with Crippen molar-refractivity contribution >= 4 is 19.8 Å². The molecule has 0 bridgehead atoms. The molecular formula is C35H68NO8P. The van der Waals surface area contributed by atoms with Crippen molar-refractivity contribution in [2.75, 3.05) is 47.5 Å². The van der Waals surface area contributed by atoms with E-state index in [1.807, 2.05) is 21.1 Å². The predicted octanol–water partition coefficient (Wildman–Crippen LogP) is 8.44. The van der Waals surface area contributed by atoms with Gasteiger partial charge in [-0.05, 0) is 32.1 Å². The number of allylic oxidation sites excluding steroid dienone is 2. The lowest BCUT2D eigenvalue weighted by Gasteiger charge is -2.28. The highest BCUT2D eigenvalue weighted by Gasteiger charge is 2.21. The molecule has 0 aromatic rings. The number of phosphoric acid groups is 1. The van der Waals surface area contributed by atoms with E-state index in [2.05, 4.69) is 26.0 Å². The van der Waals surface area contributed by atoms with Crippen LogP contribution in [0.4, 0.5) is 0 Å². The molecular weight excluding hydrogens is 593 g/mol. The number of esters is 2. The van der Waals surface area contributed by atoms with E-state index in [0.717, 1.165) is 57.8 Å². The summed E-state index contributed by atoms with van der Waals surface area (Å²) in [4.78, 5) is 37.1. The molecule has 0 aromatic heterocycles. The van der Waals surface area contributed by atoms with Gasteiger partial charge < -0.3 is 27.9 Å². The smallest absolute Gasteiger partial charge is 0.306 e. The van der Waals surface area contributed by atoms with Gasteiger partial charge in [0.25, 0.3) is 7.82 Å². The van der Waals surface area contributed by atoms with Gasteiger partial charge in [0.2, 0.25) is 0 Å². The largest absolute Gasteiger partial charge is 0.756 e. The molecule has 0 saturated carbocycles. The lowest BCUT2D eigenvalue weighted by Crippen LogP contribution is -2.37. The minimum Gasteiger partial charge on any atom is -0.756 e. The average Bonchev–Trinajstić information content (AvgIpc) is 2.97. The Morgan fingerprint density at radius 2 is 1.16 bits per heavy atom. The van der Waals surface area contributed by atoms with E-state index in [1.165, 1.54) is 57.8 Å². The highest BCUT2D eigenvalue weighted by atomic mass is 31.2. The molecule has 0 N–H and O–H groups in total. The number of hydrogen-bond acceptors (Lipinski definition) is 8. The van der Waals surface area contributed by atoms with E-state index in [9.17, 15) is 19.0 Å². The van der Waals surface area contributed by atoms with Gasteiger partial charge in [-0.15, -0.1) is 0 Å². The first kappa shape index (κ1) is 43.8. The molecule has 266 valence electrons. The van der Waals surface area contributed by atoms with Crippen LogP contribution < -0.4 is 4.89 Å². The van der Waals surface area contributed by atoms with Crippen molar-refractivity contribution in [1.29, 1.82) is 0 Å². The van der Waals surface area contributed by atoms with Crippen LogP contribution in [0.15, 0.2) is 12.2 Å². The Labute approximate surface area is 276 Å². The highest BCUT2D eigenvalue weighted by Crippen LogP contribution is 2.38. The molecule has 0 heterocycles. The van der Waals surface area contributed by atoms with Gasteiger partial charge in [-0.2, -0.15) is 0 Å². The third-order valence-electron chi connectivity index (χ3n) is 7.54. The summed E-state index contributed by atoms with van der Waals surface area (Å²) in [6.07, 6.45) is 25.3. The molecule has 2 atom stereocenters. The third-order valence-corrected chi connectivity index (χ3v) is 8.50. The summed E-state index contributed by atoms with van der Waals surface area (Å²) in [6.45, 7) is 4.14. The van der Waals surface area contributed by atoms with Gasteiger partial charge >= 0.3 is 11.9 Å². The molecule has 0 aromatic carbocycles. The number of nitrogens with zero attached hydrogens (tertiary/aromatic N) is 1. The van der Waals surface area contributed by atoms with Gasteiger partial charge in [-0.1, -0.05) is 116 Å². The van der Waals surface area contributed by atoms with Crippen molar-refractivity contribution < 1.29 is 42.1 Å². The zero-order chi connectivity index (χ0) is 33.7. The van der Waals surface area contributed by atoms with Crippen LogP contribution in [0.1, 0.15) is 149 Å². The zero-order valence-electron chi connectivity index (χ0n) is 29.6. The monoisotopic (exact) mass is 661 g/mol. The molecule has 10 heteroatoms. The van der Waals surface area contributed by atoms with E-state index < -0.39 is 26.5 Å². The summed E-state index contributed by atoms with van der Waals surface area (Å²) in [5.41, 5.74) is 0. The SMILES string of the molecule is CCCC/C=C/CCCCCCCC(=O)O[C@H](COC(=O)CCCCCCCCCCCC)COP(=O)([O-])OCC[N+](C)(C)C. The normalized spacial score (nSPS) is 14.0. The Hall–Kier alpha value is -1.25. The average molecular weight is 662 g/mol. The minimum atomic E-state index is -4.61. The van der Waals surface area contributed by atoms with Crippen LogP contribution in [0.2, 0.25) is 0 Å². The number of unbranched alkanes of at least 4 members (excludes halogenated alkanes) is 16. The van der Waals surface area contributed by atoms with Crippen LogP contribution in [0, 0.1) is 0 Å². The molecule has 0 fully saturated rings. The number of hydrogen-bond donors (Lipinski definition) is 0. The van der Waals surface area contributed by atoms with Crippen LogP contribution in [-0.4, -0.2) is 70.0 Å². The van der Waals surface area contributed by atoms with Crippen molar-refractivity contribution in [3.05, 3.63) is 12.2 Å². The highest BCUT2D eigenvalue weighted by molar-refractivity contribution is 7.45. The quantitative estimate of drug-likeness (QED) is 0.0232. The number of ether oxygens (including phenoxy) is 2. The second-order valence-corrected chi connectivity index (χ2v) is 14.6. The van der Waals surface area contributed by atoms with Crippen LogP contribution in [-0.2, 0) is 32.7 Å². The van der Waals surface area contributed by atoms with Gasteiger partial charge in [0.15, 0.2) is 6.10 Å². The molecule has 0 aliphatic heterocycles. The van der Waals surface area contributed by atoms with E-state index in [1.54, 1.807) is 0 Å². The fourth-order valence-electron chi connectivity index (χ4n) is 4.63. The molecule has 45 heavy (non-hydrogen) atoms. The Morgan fingerprint density at radius 3 is 1.71 bits per heavy atom. The molecule has 1 unspecified atom stereocenters. The minimum absolute atomic E-state index is 0.0300. The first-order valence-corrected chi connectivity index (χ1v) is 19.4. The molecule has 0 spiro atoms. The lowest BCUT2D eigenvalue weighted by atomic mass is 10.1. The number of likely N-dealkylation sites (N-methyl/N-ethyl adjacent to an activating group) is 1. The molecule has 0 amide bonds. The van der Waals surface area contributed by atoms with E-state index in [-0.39, 0.29) is 32.0 Å². The zero-order valence-corrected chi connectivity index (χ0v) is 30.5. The maximum Gasteiger partial charge on any atom is 0.306 e. The summed E-state index contributed by atoms with van der Waals surface area (Å²) in [5.74, 6) is -0.847. The van der Waals surface area contributed by atoms with E-state index >= 15 is 0 Å². The summed E-state index contributed by atoms with van der Waals surface area (Å²) in [5, 5.41) is 0. The first-order valence-electron chi connectivity index (χ1n) is 17.9. The van der Waals surface area contributed by atoms with Crippen LogP contribution in [0.5, 0.6) is 0 Å². The van der Waals surface area contributed by atoms with Crippen molar-refractivity contribution in [2.24, 2.45) is 0 Å². The van der Waals surface area contributed by atoms with Gasteiger partial charge in [0, 0.05) is 12.8 Å². The van der Waals surface area contributed by atoms with Crippen molar-refractivity contribution in [2.45, 2.75) is 155 Å². The summed E-state index contributed by atoms with van der Waals surface area (Å²) in [6, 6.07) is 0. The first-order chi connectivity index (χ1) is 21.5. The maximum atomic E-state index is 12.5. The summed E-state index contributed by atoms with van der Waals surface area (Å²) in [7, 11) is 1.16. The Bertz CT molecular complexity index is 799. The van der Waals surface area contributed by atoms with Crippen molar-refractivity contribution in [1.82, 2.24) is 0 Å². The van der Waals surface area contributed by atoms with Gasteiger partial charge in [-0.3, -0.25) is 14.2 Å². The molecule has 0 aliphatic rings. The van der Waals surface area contributed by atoms with Crippen molar-refractivity contribution in [3.63, 3.8) is 0 Å². The van der Waals surface area contributed by atoms with Crippen LogP contribution in [0.25, 0.3) is 0 Å². The Kier molecular flexibility index (Phi) is 28.1. The second kappa shape index (κ2) is 28.9. The van der Waals surface area contributed by atoms with E-state index in [4.69, 9.17) is 18.5 Å². The van der Waals surface area contributed by atoms with Gasteiger partial charge in [0.05, 0.1) is 27.7 Å². The van der Waals surface area contributed by atoms with Gasteiger partial charge in [0.1, 0.15) is 19.8 Å². The number of carbonyl (C=O) groups excluding carboxylic acids is 2. The Morgan fingerprint density at radius 1 is 0.667 bits per heavy atom. The number of quaternary nitrogens is 1. The second-order valence-electron chi connectivity index (χ2n) is 13.2. The molecule has 0 aliphatic carbocycles. The fourth-order valence-corrected chi connectivity index (χ4v) is 5.36. The lowest BCUT2D eigenvalue weighted by molar-refractivity contribution is -0.870. The molecule has 0 rings (SSSR count). The summed E-state index contributed by atoms with van der Waals surface area (Å²) >= 11 is 0. The maximum absolute atomic E-state index is 12.5. The Balaban J connectivity index is 4.49. The fraction of sp³-hybridized carbons (Fsp3) is 0.886. The summed E-state index contributed by atoms with van der Waals surface area (Å²) < 4.78 is 33.6. The molecule has 9 nitrogen and oxygen atoms in total. The number of rotatable bonds is 32. The molecule has 0 saturated heterocycles. The van der Waals surface area contributed by atoms with Crippen LogP contribution >= 0.6 is 7.82 Å². The topological polar surface area (TPSA) is 111 Å².